The zero-order valence-electron chi connectivity index (χ0n) is 42.8. The summed E-state index contributed by atoms with van der Waals surface area (Å²) in [6, 6.07) is 0. The number of carbonyl (C=O) groups is 3. The number of carbonyl (C=O) groups excluding carboxylic acids is 3. The van der Waals surface area contributed by atoms with Gasteiger partial charge in [-0.2, -0.15) is 0 Å². The molecule has 64 heavy (non-hydrogen) atoms. The normalized spacial score (nSPS) is 12.2. The van der Waals surface area contributed by atoms with E-state index in [9.17, 15) is 14.4 Å². The standard InChI is InChI=1S/C58H106O6/c1-4-7-10-13-16-19-22-25-27-28-29-30-31-34-36-39-42-45-48-51-57(60)63-54-55(53-62-56(59)50-47-44-41-38-35-32-24-21-18-15-12-9-6-3)64-58(61)52-49-46-43-40-37-33-26-23-20-17-14-11-8-5-2/h21,23-24,26,28-29,55H,4-20,22,25,27,30-54H2,1-3H3/b24-21-,26-23-,29-28-/t55-/m1/s1. The lowest BCUT2D eigenvalue weighted by atomic mass is 10.1. The van der Waals surface area contributed by atoms with Gasteiger partial charge in [-0.1, -0.05) is 218 Å². The number of hydrogen-bond donors (Lipinski definition) is 0. The van der Waals surface area contributed by atoms with Crippen LogP contribution in [0.5, 0.6) is 0 Å². The van der Waals surface area contributed by atoms with E-state index in [0.29, 0.717) is 19.3 Å². The first-order valence-electron chi connectivity index (χ1n) is 28.0. The third-order valence-electron chi connectivity index (χ3n) is 12.3. The maximum atomic E-state index is 12.8. The second-order valence-electron chi connectivity index (χ2n) is 18.8. The number of ether oxygens (including phenoxy) is 3. The van der Waals surface area contributed by atoms with E-state index in [1.165, 1.54) is 186 Å². The highest BCUT2D eigenvalue weighted by atomic mass is 16.6. The van der Waals surface area contributed by atoms with Crippen molar-refractivity contribution < 1.29 is 28.6 Å². The van der Waals surface area contributed by atoms with E-state index in [0.717, 1.165) is 70.6 Å². The fraction of sp³-hybridized carbons (Fsp3) is 0.845. The van der Waals surface area contributed by atoms with Gasteiger partial charge in [-0.3, -0.25) is 14.4 Å². The topological polar surface area (TPSA) is 78.9 Å². The smallest absolute Gasteiger partial charge is 0.306 e. The van der Waals surface area contributed by atoms with Gasteiger partial charge in [0.15, 0.2) is 6.10 Å². The van der Waals surface area contributed by atoms with Gasteiger partial charge < -0.3 is 14.2 Å². The molecule has 0 aromatic heterocycles. The lowest BCUT2D eigenvalue weighted by Crippen LogP contribution is -2.30. The summed E-state index contributed by atoms with van der Waals surface area (Å²) in [7, 11) is 0. The molecule has 0 unspecified atom stereocenters. The molecule has 0 spiro atoms. The van der Waals surface area contributed by atoms with E-state index in [-0.39, 0.29) is 31.1 Å². The molecule has 1 atom stereocenters. The van der Waals surface area contributed by atoms with Crippen LogP contribution in [0, 0.1) is 0 Å². The lowest BCUT2D eigenvalue weighted by Gasteiger charge is -2.18. The van der Waals surface area contributed by atoms with Gasteiger partial charge in [0.1, 0.15) is 13.2 Å². The monoisotopic (exact) mass is 899 g/mol. The van der Waals surface area contributed by atoms with E-state index in [2.05, 4.69) is 57.2 Å². The van der Waals surface area contributed by atoms with Crippen LogP contribution in [0.2, 0.25) is 0 Å². The molecule has 0 bridgehead atoms. The van der Waals surface area contributed by atoms with Crippen LogP contribution in [0.3, 0.4) is 0 Å². The van der Waals surface area contributed by atoms with E-state index in [4.69, 9.17) is 14.2 Å². The van der Waals surface area contributed by atoms with Crippen molar-refractivity contribution in [1.29, 1.82) is 0 Å². The quantitative estimate of drug-likeness (QED) is 0.0262. The van der Waals surface area contributed by atoms with Gasteiger partial charge in [-0.15, -0.1) is 0 Å². The highest BCUT2D eigenvalue weighted by Crippen LogP contribution is 2.15. The zero-order chi connectivity index (χ0) is 46.5. The highest BCUT2D eigenvalue weighted by molar-refractivity contribution is 5.71. The van der Waals surface area contributed by atoms with Crippen molar-refractivity contribution in [2.24, 2.45) is 0 Å². The summed E-state index contributed by atoms with van der Waals surface area (Å²) >= 11 is 0. The van der Waals surface area contributed by atoms with Gasteiger partial charge in [-0.25, -0.2) is 0 Å². The minimum Gasteiger partial charge on any atom is -0.462 e. The minimum absolute atomic E-state index is 0.0785. The number of esters is 3. The summed E-state index contributed by atoms with van der Waals surface area (Å²) in [5, 5.41) is 0. The number of allylic oxidation sites excluding steroid dienone is 6. The first-order chi connectivity index (χ1) is 31.5. The molecule has 0 aliphatic carbocycles. The summed E-state index contributed by atoms with van der Waals surface area (Å²) in [6.45, 7) is 6.62. The summed E-state index contributed by atoms with van der Waals surface area (Å²) in [5.74, 6) is -0.888. The van der Waals surface area contributed by atoms with E-state index in [1.807, 2.05) is 0 Å². The molecule has 0 saturated carbocycles. The Morgan fingerprint density at radius 2 is 0.516 bits per heavy atom. The Morgan fingerprint density at radius 3 is 0.797 bits per heavy atom. The predicted molar refractivity (Wildman–Crippen MR) is 275 cm³/mol. The molecule has 6 nitrogen and oxygen atoms in total. The van der Waals surface area contributed by atoms with E-state index in [1.54, 1.807) is 0 Å². The molecule has 0 fully saturated rings. The van der Waals surface area contributed by atoms with Crippen molar-refractivity contribution in [2.75, 3.05) is 13.2 Å². The Kier molecular flexibility index (Phi) is 51.3. The molecule has 374 valence electrons. The summed E-state index contributed by atoms with van der Waals surface area (Å²) < 4.78 is 16.8. The molecule has 0 saturated heterocycles. The average molecular weight is 899 g/mol. The summed E-state index contributed by atoms with van der Waals surface area (Å²) in [6.07, 6.45) is 62.7. The lowest BCUT2D eigenvalue weighted by molar-refractivity contribution is -0.167. The van der Waals surface area contributed by atoms with Crippen molar-refractivity contribution in [3.8, 4) is 0 Å². The van der Waals surface area contributed by atoms with Crippen molar-refractivity contribution in [3.63, 3.8) is 0 Å². The Labute approximate surface area is 397 Å². The predicted octanol–water partition coefficient (Wildman–Crippen LogP) is 18.5. The number of rotatable bonds is 51. The van der Waals surface area contributed by atoms with Gasteiger partial charge in [0.2, 0.25) is 0 Å². The number of hydrogen-bond acceptors (Lipinski definition) is 6. The minimum atomic E-state index is -0.779. The first kappa shape index (κ1) is 61.6. The van der Waals surface area contributed by atoms with Crippen LogP contribution < -0.4 is 0 Å². The van der Waals surface area contributed by atoms with Crippen LogP contribution in [0.25, 0.3) is 0 Å². The van der Waals surface area contributed by atoms with Crippen LogP contribution in [0.15, 0.2) is 36.5 Å². The second kappa shape index (κ2) is 53.2. The van der Waals surface area contributed by atoms with Crippen molar-refractivity contribution in [3.05, 3.63) is 36.5 Å². The molecular weight excluding hydrogens is 793 g/mol. The van der Waals surface area contributed by atoms with Crippen molar-refractivity contribution in [2.45, 2.75) is 303 Å². The molecule has 0 rings (SSSR count). The van der Waals surface area contributed by atoms with Gasteiger partial charge >= 0.3 is 17.9 Å². The van der Waals surface area contributed by atoms with Gasteiger partial charge in [-0.05, 0) is 96.3 Å². The Bertz CT molecular complexity index is 1080. The third kappa shape index (κ3) is 50.6. The van der Waals surface area contributed by atoms with Gasteiger partial charge in [0.05, 0.1) is 0 Å². The number of unbranched alkanes of at least 4 members (excludes halogenated alkanes) is 34. The first-order valence-corrected chi connectivity index (χ1v) is 28.0. The van der Waals surface area contributed by atoms with Crippen LogP contribution in [-0.4, -0.2) is 37.2 Å². The maximum absolute atomic E-state index is 12.8. The molecule has 6 heteroatoms. The summed E-state index contributed by atoms with van der Waals surface area (Å²) in [4.78, 5) is 38.1. The fourth-order valence-corrected chi connectivity index (χ4v) is 8.07. The van der Waals surface area contributed by atoms with E-state index < -0.39 is 6.10 Å². The highest BCUT2D eigenvalue weighted by Gasteiger charge is 2.19. The molecular formula is C58H106O6. The van der Waals surface area contributed by atoms with Crippen LogP contribution in [-0.2, 0) is 28.6 Å². The molecule has 0 radical (unpaired) electrons. The average Bonchev–Trinajstić information content (AvgIpc) is 3.29. The van der Waals surface area contributed by atoms with Crippen molar-refractivity contribution in [1.82, 2.24) is 0 Å². The molecule has 0 heterocycles. The summed E-state index contributed by atoms with van der Waals surface area (Å²) in [5.41, 5.74) is 0. The molecule has 0 amide bonds. The maximum Gasteiger partial charge on any atom is 0.306 e. The molecule has 0 aromatic rings. The Morgan fingerprint density at radius 1 is 0.297 bits per heavy atom. The molecule has 0 aliphatic heterocycles. The Hall–Kier alpha value is -2.37. The second-order valence-corrected chi connectivity index (χ2v) is 18.8. The van der Waals surface area contributed by atoms with Crippen LogP contribution >= 0.6 is 0 Å². The Balaban J connectivity index is 4.34. The zero-order valence-corrected chi connectivity index (χ0v) is 42.8. The third-order valence-corrected chi connectivity index (χ3v) is 12.3. The van der Waals surface area contributed by atoms with Crippen molar-refractivity contribution >= 4 is 17.9 Å². The largest absolute Gasteiger partial charge is 0.462 e. The molecule has 0 aromatic carbocycles. The molecule has 0 aliphatic rings. The van der Waals surface area contributed by atoms with Crippen LogP contribution in [0.1, 0.15) is 297 Å². The van der Waals surface area contributed by atoms with E-state index >= 15 is 0 Å². The fourth-order valence-electron chi connectivity index (χ4n) is 8.07. The van der Waals surface area contributed by atoms with Crippen LogP contribution in [0.4, 0.5) is 0 Å². The van der Waals surface area contributed by atoms with Gasteiger partial charge in [0.25, 0.3) is 0 Å². The SMILES string of the molecule is CCCCCC/C=C\CCCCCCCC(=O)OC[C@H](COC(=O)CCCCCCCCC/C=C\CCCCCCCCCC)OC(=O)CCCCCCC/C=C\CCCCCCC. The van der Waals surface area contributed by atoms with Gasteiger partial charge in [0, 0.05) is 19.3 Å². The molecule has 0 N–H and O–H groups in total.